The van der Waals surface area contributed by atoms with Crippen molar-refractivity contribution in [2.24, 2.45) is 0 Å². The van der Waals surface area contributed by atoms with Crippen LogP contribution in [0.15, 0.2) is 30.3 Å². The van der Waals surface area contributed by atoms with Crippen molar-refractivity contribution in [2.45, 2.75) is 13.3 Å². The van der Waals surface area contributed by atoms with Gasteiger partial charge < -0.3 is 5.32 Å². The molecular formula is C11H15N. The van der Waals surface area contributed by atoms with Crippen molar-refractivity contribution in [1.82, 2.24) is 0 Å². The van der Waals surface area contributed by atoms with E-state index < -0.39 is 0 Å². The summed E-state index contributed by atoms with van der Waals surface area (Å²) in [6.45, 7) is 2.14. The summed E-state index contributed by atoms with van der Waals surface area (Å²) in [6, 6.07) is 8.28. The van der Waals surface area contributed by atoms with Crippen molar-refractivity contribution in [2.75, 3.05) is 12.4 Å². The van der Waals surface area contributed by atoms with Crippen LogP contribution in [-0.4, -0.2) is 7.05 Å². The summed E-state index contributed by atoms with van der Waals surface area (Å²) >= 11 is 0. The summed E-state index contributed by atoms with van der Waals surface area (Å²) < 4.78 is 0. The molecule has 12 heavy (non-hydrogen) atoms. The van der Waals surface area contributed by atoms with Gasteiger partial charge in [-0.05, 0) is 18.1 Å². The third kappa shape index (κ3) is 2.12. The molecular weight excluding hydrogens is 146 g/mol. The van der Waals surface area contributed by atoms with Crippen molar-refractivity contribution < 1.29 is 0 Å². The molecule has 1 N–H and O–H groups in total. The van der Waals surface area contributed by atoms with E-state index in [2.05, 4.69) is 42.6 Å². The van der Waals surface area contributed by atoms with Gasteiger partial charge in [0.15, 0.2) is 0 Å². The Labute approximate surface area is 74.1 Å². The number of para-hydroxylation sites is 1. The van der Waals surface area contributed by atoms with E-state index in [0.717, 1.165) is 6.42 Å². The highest BCUT2D eigenvalue weighted by Gasteiger charge is 1.92. The monoisotopic (exact) mass is 161 g/mol. The molecule has 0 aliphatic heterocycles. The molecule has 0 aromatic heterocycles. The molecule has 0 radical (unpaired) electrons. The van der Waals surface area contributed by atoms with Gasteiger partial charge in [0.2, 0.25) is 0 Å². The van der Waals surface area contributed by atoms with Gasteiger partial charge in [0.05, 0.1) is 0 Å². The molecule has 0 fully saturated rings. The van der Waals surface area contributed by atoms with Gasteiger partial charge in [-0.2, -0.15) is 0 Å². The minimum Gasteiger partial charge on any atom is -0.388 e. The molecule has 0 saturated carbocycles. The lowest BCUT2D eigenvalue weighted by Crippen LogP contribution is -1.89. The molecule has 0 bridgehead atoms. The molecule has 0 aliphatic carbocycles. The maximum atomic E-state index is 3.15. The lowest BCUT2D eigenvalue weighted by molar-refractivity contribution is 1.23. The fraction of sp³-hybridized carbons (Fsp3) is 0.273. The molecule has 0 unspecified atom stereocenters. The van der Waals surface area contributed by atoms with Gasteiger partial charge >= 0.3 is 0 Å². The molecule has 0 heterocycles. The lowest BCUT2D eigenvalue weighted by Gasteiger charge is -2.03. The maximum Gasteiger partial charge on any atom is 0.0411 e. The van der Waals surface area contributed by atoms with E-state index in [4.69, 9.17) is 0 Å². The standard InChI is InChI=1S/C11H15N/c1-3-4-7-10-8-5-6-9-11(10)12-2/h4-9,12H,3H2,1-2H3/b7-4+. The summed E-state index contributed by atoms with van der Waals surface area (Å²) in [5, 5.41) is 3.15. The van der Waals surface area contributed by atoms with E-state index in [-0.39, 0.29) is 0 Å². The Morgan fingerprint density at radius 3 is 2.75 bits per heavy atom. The van der Waals surface area contributed by atoms with E-state index in [1.807, 2.05) is 13.1 Å². The second-order valence-corrected chi connectivity index (χ2v) is 2.65. The number of hydrogen-bond donors (Lipinski definition) is 1. The van der Waals surface area contributed by atoms with Crippen LogP contribution in [0.25, 0.3) is 6.08 Å². The molecule has 0 amide bonds. The minimum absolute atomic E-state index is 1.08. The van der Waals surface area contributed by atoms with Crippen LogP contribution in [0.3, 0.4) is 0 Å². The number of rotatable bonds is 3. The highest BCUT2D eigenvalue weighted by Crippen LogP contribution is 2.15. The van der Waals surface area contributed by atoms with Crippen molar-refractivity contribution in [3.8, 4) is 0 Å². The van der Waals surface area contributed by atoms with E-state index in [0.29, 0.717) is 0 Å². The first-order valence-electron chi connectivity index (χ1n) is 4.31. The average Bonchev–Trinajstić information content (AvgIpc) is 2.15. The van der Waals surface area contributed by atoms with Crippen LogP contribution >= 0.6 is 0 Å². The Kier molecular flexibility index (Phi) is 3.39. The summed E-state index contributed by atoms with van der Waals surface area (Å²) in [7, 11) is 1.94. The zero-order chi connectivity index (χ0) is 8.81. The number of nitrogens with one attached hydrogen (secondary N) is 1. The molecule has 0 spiro atoms. The Bertz CT molecular complexity index is 263. The summed E-state index contributed by atoms with van der Waals surface area (Å²) in [5.41, 5.74) is 2.43. The van der Waals surface area contributed by atoms with Gasteiger partial charge in [-0.1, -0.05) is 37.3 Å². The van der Waals surface area contributed by atoms with Crippen molar-refractivity contribution in [1.29, 1.82) is 0 Å². The first-order valence-corrected chi connectivity index (χ1v) is 4.31. The normalized spacial score (nSPS) is 10.5. The fourth-order valence-electron chi connectivity index (χ4n) is 1.11. The predicted octanol–water partition coefficient (Wildman–Crippen LogP) is 3.15. The Hall–Kier alpha value is -1.24. The number of hydrogen-bond acceptors (Lipinski definition) is 1. The molecule has 1 heteroatoms. The fourth-order valence-corrected chi connectivity index (χ4v) is 1.11. The zero-order valence-corrected chi connectivity index (χ0v) is 7.67. The van der Waals surface area contributed by atoms with E-state index in [1.54, 1.807) is 0 Å². The predicted molar refractivity (Wildman–Crippen MR) is 55.3 cm³/mol. The Morgan fingerprint density at radius 1 is 1.33 bits per heavy atom. The van der Waals surface area contributed by atoms with E-state index in [1.165, 1.54) is 11.3 Å². The van der Waals surface area contributed by atoms with Crippen LogP contribution in [0.4, 0.5) is 5.69 Å². The molecule has 0 aliphatic rings. The summed E-state index contributed by atoms with van der Waals surface area (Å²) in [4.78, 5) is 0. The van der Waals surface area contributed by atoms with Gasteiger partial charge in [0.25, 0.3) is 0 Å². The van der Waals surface area contributed by atoms with Crippen molar-refractivity contribution in [3.63, 3.8) is 0 Å². The number of anilines is 1. The van der Waals surface area contributed by atoms with Crippen LogP contribution in [0.2, 0.25) is 0 Å². The van der Waals surface area contributed by atoms with Gasteiger partial charge in [0, 0.05) is 12.7 Å². The van der Waals surface area contributed by atoms with Crippen LogP contribution in [-0.2, 0) is 0 Å². The lowest BCUT2D eigenvalue weighted by atomic mass is 10.1. The first kappa shape index (κ1) is 8.85. The highest BCUT2D eigenvalue weighted by atomic mass is 14.8. The quantitative estimate of drug-likeness (QED) is 0.718. The Balaban J connectivity index is 2.89. The first-order chi connectivity index (χ1) is 5.88. The van der Waals surface area contributed by atoms with Gasteiger partial charge in [0.1, 0.15) is 0 Å². The molecule has 64 valence electrons. The second kappa shape index (κ2) is 4.60. The third-order valence-corrected chi connectivity index (χ3v) is 1.76. The number of allylic oxidation sites excluding steroid dienone is 1. The zero-order valence-electron chi connectivity index (χ0n) is 7.67. The molecule has 0 saturated heterocycles. The SMILES string of the molecule is CC/C=C/c1ccccc1NC. The van der Waals surface area contributed by atoms with Crippen LogP contribution in [0, 0.1) is 0 Å². The van der Waals surface area contributed by atoms with Crippen molar-refractivity contribution in [3.05, 3.63) is 35.9 Å². The topological polar surface area (TPSA) is 12.0 Å². The largest absolute Gasteiger partial charge is 0.388 e. The van der Waals surface area contributed by atoms with Crippen LogP contribution < -0.4 is 5.32 Å². The Morgan fingerprint density at radius 2 is 2.08 bits per heavy atom. The second-order valence-electron chi connectivity index (χ2n) is 2.65. The van der Waals surface area contributed by atoms with Gasteiger partial charge in [-0.3, -0.25) is 0 Å². The number of benzene rings is 1. The average molecular weight is 161 g/mol. The summed E-state index contributed by atoms with van der Waals surface area (Å²) in [5.74, 6) is 0. The van der Waals surface area contributed by atoms with Crippen molar-refractivity contribution >= 4 is 11.8 Å². The third-order valence-electron chi connectivity index (χ3n) is 1.76. The highest BCUT2D eigenvalue weighted by molar-refractivity contribution is 5.66. The molecule has 1 aromatic rings. The van der Waals surface area contributed by atoms with Gasteiger partial charge in [-0.15, -0.1) is 0 Å². The molecule has 1 aromatic carbocycles. The summed E-state index contributed by atoms with van der Waals surface area (Å²) in [6.07, 6.45) is 5.39. The maximum absolute atomic E-state index is 3.15. The molecule has 1 rings (SSSR count). The molecule has 1 nitrogen and oxygen atoms in total. The minimum atomic E-state index is 1.08. The van der Waals surface area contributed by atoms with Gasteiger partial charge in [-0.25, -0.2) is 0 Å². The van der Waals surface area contributed by atoms with Crippen LogP contribution in [0.5, 0.6) is 0 Å². The van der Waals surface area contributed by atoms with E-state index in [9.17, 15) is 0 Å². The van der Waals surface area contributed by atoms with Crippen LogP contribution in [0.1, 0.15) is 18.9 Å². The molecule has 0 atom stereocenters. The smallest absolute Gasteiger partial charge is 0.0411 e. The van der Waals surface area contributed by atoms with E-state index >= 15 is 0 Å².